The molecule has 0 amide bonds. The summed E-state index contributed by atoms with van der Waals surface area (Å²) in [4.78, 5) is 23.1. The van der Waals surface area contributed by atoms with Gasteiger partial charge in [0, 0.05) is 0 Å². The largest absolute Gasteiger partial charge is 0.606 e. The van der Waals surface area contributed by atoms with E-state index in [0.717, 1.165) is 60.7 Å². The summed E-state index contributed by atoms with van der Waals surface area (Å²) in [6.45, 7) is 16.0. The van der Waals surface area contributed by atoms with Gasteiger partial charge in [-0.2, -0.15) is 13.9 Å². The molecule has 0 radical (unpaired) electrons. The van der Waals surface area contributed by atoms with E-state index in [1.807, 2.05) is 0 Å². The zero-order chi connectivity index (χ0) is 29.5. The van der Waals surface area contributed by atoms with Crippen LogP contribution in [0.3, 0.4) is 0 Å². The molecule has 4 rings (SSSR count). The number of nitrogens with zero attached hydrogens (tertiary/aromatic N) is 1. The van der Waals surface area contributed by atoms with Gasteiger partial charge in [-0.3, -0.25) is 0 Å². The molecular formula is C34H65NO4P+. The Hall–Kier alpha value is 0.230. The number of hydrogen-bond donors (Lipinski definition) is 1. The van der Waals surface area contributed by atoms with Crippen LogP contribution < -0.4 is 4.89 Å². The lowest BCUT2D eigenvalue weighted by atomic mass is 9.44. The summed E-state index contributed by atoms with van der Waals surface area (Å²) in [5, 5.41) is 0. The first-order chi connectivity index (χ1) is 18.6. The second-order valence-corrected chi connectivity index (χ2v) is 18.1. The average Bonchev–Trinajstić information content (AvgIpc) is 3.20. The van der Waals surface area contributed by atoms with Crippen molar-refractivity contribution < 1.29 is 23.3 Å². The minimum absolute atomic E-state index is 0.155. The Morgan fingerprint density at radius 1 is 0.925 bits per heavy atom. The van der Waals surface area contributed by atoms with E-state index >= 15 is 0 Å². The first-order valence-corrected chi connectivity index (χ1v) is 18.6. The maximum Gasteiger partial charge on any atom is 0.377 e. The Bertz CT molecular complexity index is 829. The molecular weight excluding hydrogens is 517 g/mol. The van der Waals surface area contributed by atoms with E-state index in [0.29, 0.717) is 27.8 Å². The molecule has 0 spiro atoms. The van der Waals surface area contributed by atoms with Gasteiger partial charge in [-0.25, -0.2) is 0 Å². The van der Waals surface area contributed by atoms with Crippen LogP contribution in [0.5, 0.6) is 0 Å². The molecule has 4 aliphatic carbocycles. The van der Waals surface area contributed by atoms with E-state index in [4.69, 9.17) is 9.05 Å². The maximum absolute atomic E-state index is 12.7. The molecule has 0 aliphatic heterocycles. The summed E-state index contributed by atoms with van der Waals surface area (Å²) in [5.74, 6) is 6.60. The SMILES string of the molecule is CC[C@H](CC[C@@H](C)[C@H]1CC[C@H]2[C@@H]3CCC4C[C@@H](O[P+]([O-])(O)OCC[N+](C)(C)C)CC[C@]4(C)[C@H]3CC[C@]12C)C(C)C. The molecule has 40 heavy (non-hydrogen) atoms. The molecule has 4 saturated carbocycles. The molecule has 1 N–H and O–H groups in total. The van der Waals surface area contributed by atoms with Crippen LogP contribution in [0.1, 0.15) is 119 Å². The molecule has 4 aliphatic rings. The highest BCUT2D eigenvalue weighted by molar-refractivity contribution is 7.52. The van der Waals surface area contributed by atoms with Gasteiger partial charge in [-0.05, 0) is 122 Å². The zero-order valence-electron chi connectivity index (χ0n) is 27.7. The zero-order valence-corrected chi connectivity index (χ0v) is 28.6. The fraction of sp³-hybridized carbons (Fsp3) is 1.00. The first-order valence-electron chi connectivity index (χ1n) is 17.1. The smallest absolute Gasteiger partial charge is 0.377 e. The van der Waals surface area contributed by atoms with Crippen LogP contribution in [0.4, 0.5) is 0 Å². The lowest BCUT2D eigenvalue weighted by Gasteiger charge is -2.61. The van der Waals surface area contributed by atoms with Crippen molar-refractivity contribution in [1.29, 1.82) is 0 Å². The van der Waals surface area contributed by atoms with Crippen molar-refractivity contribution in [2.75, 3.05) is 34.3 Å². The van der Waals surface area contributed by atoms with Gasteiger partial charge in [0.25, 0.3) is 0 Å². The number of phosphoric acid groups is 1. The van der Waals surface area contributed by atoms with Gasteiger partial charge in [0.2, 0.25) is 0 Å². The van der Waals surface area contributed by atoms with Gasteiger partial charge in [-0.15, -0.1) is 0 Å². The average molecular weight is 583 g/mol. The third kappa shape index (κ3) is 7.13. The molecule has 234 valence electrons. The highest BCUT2D eigenvalue weighted by Gasteiger charge is 2.61. The monoisotopic (exact) mass is 582 g/mol. The third-order valence-corrected chi connectivity index (χ3v) is 14.2. The first kappa shape index (κ1) is 33.1. The molecule has 0 heterocycles. The Morgan fingerprint density at radius 3 is 2.25 bits per heavy atom. The van der Waals surface area contributed by atoms with Crippen molar-refractivity contribution in [2.24, 2.45) is 58.2 Å². The summed E-state index contributed by atoms with van der Waals surface area (Å²) in [5.41, 5.74) is 0.875. The second kappa shape index (κ2) is 12.7. The molecule has 2 unspecified atom stereocenters. The van der Waals surface area contributed by atoms with E-state index in [9.17, 15) is 9.79 Å². The lowest BCUT2D eigenvalue weighted by Crippen LogP contribution is -2.54. The van der Waals surface area contributed by atoms with Crippen LogP contribution in [0, 0.1) is 58.2 Å². The molecule has 0 saturated heterocycles. The predicted molar refractivity (Wildman–Crippen MR) is 165 cm³/mol. The molecule has 5 nitrogen and oxygen atoms in total. The minimum atomic E-state index is -4.02. The van der Waals surface area contributed by atoms with Crippen LogP contribution in [-0.4, -0.2) is 49.8 Å². The number of fused-ring (bicyclic) bond motifs is 5. The summed E-state index contributed by atoms with van der Waals surface area (Å²) < 4.78 is 11.9. The summed E-state index contributed by atoms with van der Waals surface area (Å²) in [6.07, 6.45) is 15.2. The third-order valence-electron chi connectivity index (χ3n) is 13.1. The quantitative estimate of drug-likeness (QED) is 0.188. The van der Waals surface area contributed by atoms with Gasteiger partial charge in [0.1, 0.15) is 19.3 Å². The van der Waals surface area contributed by atoms with Gasteiger partial charge < -0.3 is 9.38 Å². The van der Waals surface area contributed by atoms with Gasteiger partial charge in [0.15, 0.2) is 0 Å². The van der Waals surface area contributed by atoms with E-state index in [2.05, 4.69) is 62.7 Å². The van der Waals surface area contributed by atoms with Crippen LogP contribution in [0.25, 0.3) is 0 Å². The number of likely N-dealkylation sites (N-methyl/N-ethyl adjacent to an activating group) is 1. The van der Waals surface area contributed by atoms with Crippen molar-refractivity contribution in [3.05, 3.63) is 0 Å². The van der Waals surface area contributed by atoms with Crippen LogP contribution in [0.15, 0.2) is 0 Å². The van der Waals surface area contributed by atoms with Crippen LogP contribution in [-0.2, 0) is 9.05 Å². The maximum atomic E-state index is 12.7. The van der Waals surface area contributed by atoms with Crippen LogP contribution in [0.2, 0.25) is 0 Å². The van der Waals surface area contributed by atoms with Gasteiger partial charge in [0.05, 0.1) is 21.1 Å². The fourth-order valence-corrected chi connectivity index (χ4v) is 11.6. The summed E-state index contributed by atoms with van der Waals surface area (Å²) in [6, 6.07) is 0. The molecule has 0 aromatic carbocycles. The minimum Gasteiger partial charge on any atom is -0.606 e. The number of phosphoric ester groups is 1. The van der Waals surface area contributed by atoms with Crippen molar-refractivity contribution in [1.82, 2.24) is 0 Å². The van der Waals surface area contributed by atoms with E-state index < -0.39 is 8.17 Å². The van der Waals surface area contributed by atoms with E-state index in [-0.39, 0.29) is 12.7 Å². The van der Waals surface area contributed by atoms with Crippen molar-refractivity contribution >= 4 is 8.17 Å². The molecule has 11 atom stereocenters. The number of rotatable bonds is 12. The molecule has 6 heteroatoms. The Balaban J connectivity index is 1.35. The normalized spacial score (nSPS) is 41.1. The van der Waals surface area contributed by atoms with E-state index in [1.165, 1.54) is 57.8 Å². The highest BCUT2D eigenvalue weighted by atomic mass is 31.2. The topological polar surface area (TPSA) is 61.8 Å². The highest BCUT2D eigenvalue weighted by Crippen LogP contribution is 2.69. The predicted octanol–water partition coefficient (Wildman–Crippen LogP) is 7.88. The Labute approximate surface area is 248 Å². The summed E-state index contributed by atoms with van der Waals surface area (Å²) in [7, 11) is 2.15. The Kier molecular flexibility index (Phi) is 10.5. The van der Waals surface area contributed by atoms with Crippen molar-refractivity contribution in [3.8, 4) is 0 Å². The van der Waals surface area contributed by atoms with Crippen molar-refractivity contribution in [2.45, 2.75) is 125 Å². The molecule has 0 bridgehead atoms. The van der Waals surface area contributed by atoms with E-state index in [1.54, 1.807) is 0 Å². The molecule has 4 fully saturated rings. The van der Waals surface area contributed by atoms with Gasteiger partial charge >= 0.3 is 8.17 Å². The fourth-order valence-electron chi connectivity index (χ4n) is 10.6. The number of quaternary nitrogens is 1. The van der Waals surface area contributed by atoms with Crippen molar-refractivity contribution in [3.63, 3.8) is 0 Å². The molecule has 0 aromatic rings. The van der Waals surface area contributed by atoms with Gasteiger partial charge in [-0.1, -0.05) is 54.4 Å². The summed E-state index contributed by atoms with van der Waals surface area (Å²) >= 11 is 0. The second-order valence-electron chi connectivity index (χ2n) is 16.7. The Morgan fingerprint density at radius 2 is 1.60 bits per heavy atom. The molecule has 0 aromatic heterocycles. The lowest BCUT2D eigenvalue weighted by molar-refractivity contribution is -0.870. The number of hydrogen-bond acceptors (Lipinski definition) is 4. The standard InChI is InChI=1S/C34H64NO4P/c1-10-26(24(2)3)12-11-25(4)30-15-16-31-29-14-13-27-23-28(39-40(36,37)38-22-21-35(7,8)9)17-19-33(27,5)32(29)18-20-34(30,31)6/h24-32H,10-23H2,1-9H3/p+1/t25-,26-,27?,28+,29+,30-,31+,32+,33+,34-/m1/s1. The van der Waals surface area contributed by atoms with Crippen LogP contribution >= 0.6 is 8.17 Å².